The van der Waals surface area contributed by atoms with Crippen molar-refractivity contribution in [1.29, 1.82) is 0 Å². The zero-order valence-electron chi connectivity index (χ0n) is 16.3. The Hall–Kier alpha value is -3.20. The fourth-order valence-electron chi connectivity index (χ4n) is 3.62. The van der Waals surface area contributed by atoms with Crippen LogP contribution in [-0.4, -0.2) is 42.7 Å². The van der Waals surface area contributed by atoms with Crippen LogP contribution in [0.4, 0.5) is 17.5 Å². The van der Waals surface area contributed by atoms with Gasteiger partial charge in [0.1, 0.15) is 0 Å². The van der Waals surface area contributed by atoms with E-state index in [9.17, 15) is 9.90 Å². The zero-order chi connectivity index (χ0) is 20.4. The van der Waals surface area contributed by atoms with E-state index >= 15 is 0 Å². The van der Waals surface area contributed by atoms with Gasteiger partial charge in [-0.15, -0.1) is 0 Å². The number of imidazole rings is 1. The number of aryl methyl sites for hydroxylation is 1. The molecule has 1 aliphatic rings. The lowest BCUT2D eigenvalue weighted by Crippen LogP contribution is -2.29. The van der Waals surface area contributed by atoms with Gasteiger partial charge in [-0.05, 0) is 50.8 Å². The van der Waals surface area contributed by atoms with E-state index in [0.29, 0.717) is 28.5 Å². The lowest BCUT2D eigenvalue weighted by atomic mass is 9.93. The number of hydrogen-bond donors (Lipinski definition) is 4. The minimum Gasteiger partial charge on any atom is -0.393 e. The van der Waals surface area contributed by atoms with Crippen molar-refractivity contribution in [3.63, 3.8) is 0 Å². The highest BCUT2D eigenvalue weighted by Gasteiger charge is 2.21. The molecule has 0 atom stereocenters. The van der Waals surface area contributed by atoms with Crippen LogP contribution in [-0.2, 0) is 6.54 Å². The van der Waals surface area contributed by atoms with E-state index in [2.05, 4.69) is 25.6 Å². The number of aliphatic hydroxyl groups is 1. The average Bonchev–Trinajstić information content (AvgIpc) is 3.13. The van der Waals surface area contributed by atoms with Crippen molar-refractivity contribution in [3.05, 3.63) is 36.2 Å². The van der Waals surface area contributed by atoms with Crippen molar-refractivity contribution in [1.82, 2.24) is 19.5 Å². The molecule has 9 heteroatoms. The second kappa shape index (κ2) is 8.04. The molecular weight excluding hydrogens is 370 g/mol. The standard InChI is InChI=1S/C20H25N7O2/c1-2-27-11-22-16-18(23-14-5-3-4-12(10-14)17(21)29)25-20(26-19(16)27)24-13-6-8-15(28)9-7-13/h3-5,10-11,13,15,28H,2,6-9H2,1H3,(H2,21,29)(H2,23,24,25,26)/t13-,15-. The first-order valence-electron chi connectivity index (χ1n) is 9.88. The third-order valence-electron chi connectivity index (χ3n) is 5.24. The summed E-state index contributed by atoms with van der Waals surface area (Å²) in [4.78, 5) is 25.3. The third-order valence-corrected chi connectivity index (χ3v) is 5.24. The van der Waals surface area contributed by atoms with E-state index in [1.54, 1.807) is 24.5 Å². The van der Waals surface area contributed by atoms with Crippen LogP contribution in [0.1, 0.15) is 43.0 Å². The first-order valence-corrected chi connectivity index (χ1v) is 9.88. The summed E-state index contributed by atoms with van der Waals surface area (Å²) >= 11 is 0. The molecule has 152 valence electrons. The first kappa shape index (κ1) is 19.1. The van der Waals surface area contributed by atoms with Crippen molar-refractivity contribution < 1.29 is 9.90 Å². The molecule has 1 amide bonds. The smallest absolute Gasteiger partial charge is 0.248 e. The first-order chi connectivity index (χ1) is 14.0. The average molecular weight is 395 g/mol. The summed E-state index contributed by atoms with van der Waals surface area (Å²) in [6.45, 7) is 2.77. The van der Waals surface area contributed by atoms with Gasteiger partial charge in [-0.1, -0.05) is 6.07 Å². The van der Waals surface area contributed by atoms with E-state index in [1.165, 1.54) is 0 Å². The van der Waals surface area contributed by atoms with Gasteiger partial charge in [0.05, 0.1) is 12.4 Å². The number of carbonyl (C=O) groups excluding carboxylic acids is 1. The number of nitrogens with one attached hydrogen (secondary N) is 2. The van der Waals surface area contributed by atoms with Gasteiger partial charge in [0.25, 0.3) is 0 Å². The number of nitrogens with zero attached hydrogens (tertiary/aromatic N) is 4. The lowest BCUT2D eigenvalue weighted by Gasteiger charge is -2.26. The van der Waals surface area contributed by atoms with Gasteiger partial charge >= 0.3 is 0 Å². The van der Waals surface area contributed by atoms with Gasteiger partial charge in [-0.3, -0.25) is 4.79 Å². The Morgan fingerprint density at radius 3 is 2.79 bits per heavy atom. The molecule has 0 spiro atoms. The molecule has 4 rings (SSSR count). The summed E-state index contributed by atoms with van der Waals surface area (Å²) in [5.41, 5.74) is 7.88. The Morgan fingerprint density at radius 2 is 2.07 bits per heavy atom. The normalized spacial score (nSPS) is 19.2. The molecule has 2 heterocycles. The minimum atomic E-state index is -0.487. The van der Waals surface area contributed by atoms with Crippen LogP contribution < -0.4 is 16.4 Å². The molecule has 3 aromatic rings. The number of fused-ring (bicyclic) bond motifs is 1. The maximum atomic E-state index is 11.5. The van der Waals surface area contributed by atoms with Crippen molar-refractivity contribution >= 4 is 34.5 Å². The molecule has 0 saturated heterocycles. The maximum Gasteiger partial charge on any atom is 0.248 e. The van der Waals surface area contributed by atoms with Crippen LogP contribution in [0.2, 0.25) is 0 Å². The number of amides is 1. The topological polar surface area (TPSA) is 131 Å². The summed E-state index contributed by atoms with van der Waals surface area (Å²) < 4.78 is 1.96. The Bertz CT molecular complexity index is 1020. The molecule has 9 nitrogen and oxygen atoms in total. The van der Waals surface area contributed by atoms with Gasteiger partial charge in [-0.2, -0.15) is 9.97 Å². The number of aromatic nitrogens is 4. The van der Waals surface area contributed by atoms with Crippen molar-refractivity contribution in [2.75, 3.05) is 10.6 Å². The number of carbonyl (C=O) groups is 1. The van der Waals surface area contributed by atoms with Crippen LogP contribution in [0.3, 0.4) is 0 Å². The second-order valence-corrected chi connectivity index (χ2v) is 7.32. The molecular formula is C20H25N7O2. The van der Waals surface area contributed by atoms with Crippen LogP contribution in [0.25, 0.3) is 11.2 Å². The van der Waals surface area contributed by atoms with Gasteiger partial charge in [0.2, 0.25) is 11.9 Å². The molecule has 29 heavy (non-hydrogen) atoms. The van der Waals surface area contributed by atoms with Crippen LogP contribution in [0, 0.1) is 0 Å². The van der Waals surface area contributed by atoms with Gasteiger partial charge < -0.3 is 26.0 Å². The van der Waals surface area contributed by atoms with Gasteiger partial charge in [0, 0.05) is 23.8 Å². The molecule has 1 saturated carbocycles. The highest BCUT2D eigenvalue weighted by molar-refractivity contribution is 5.94. The summed E-state index contributed by atoms with van der Waals surface area (Å²) in [7, 11) is 0. The van der Waals surface area contributed by atoms with Crippen molar-refractivity contribution in [2.45, 2.75) is 51.3 Å². The lowest BCUT2D eigenvalue weighted by molar-refractivity contribution is 0.1000. The van der Waals surface area contributed by atoms with Crippen LogP contribution >= 0.6 is 0 Å². The van der Waals surface area contributed by atoms with Crippen molar-refractivity contribution in [3.8, 4) is 0 Å². The van der Waals surface area contributed by atoms with E-state index in [-0.39, 0.29) is 12.1 Å². The number of benzene rings is 1. The Morgan fingerprint density at radius 1 is 1.28 bits per heavy atom. The van der Waals surface area contributed by atoms with Crippen molar-refractivity contribution in [2.24, 2.45) is 5.73 Å². The molecule has 0 radical (unpaired) electrons. The largest absolute Gasteiger partial charge is 0.393 e. The highest BCUT2D eigenvalue weighted by atomic mass is 16.3. The van der Waals surface area contributed by atoms with Gasteiger partial charge in [0.15, 0.2) is 17.0 Å². The maximum absolute atomic E-state index is 11.5. The molecule has 2 aromatic heterocycles. The van der Waals surface area contributed by atoms with E-state index < -0.39 is 5.91 Å². The summed E-state index contributed by atoms with van der Waals surface area (Å²) in [5.74, 6) is 0.586. The van der Waals surface area contributed by atoms with E-state index in [0.717, 1.165) is 37.9 Å². The fraction of sp³-hybridized carbons (Fsp3) is 0.400. The molecule has 1 aromatic carbocycles. The monoisotopic (exact) mass is 395 g/mol. The number of aliphatic hydroxyl groups excluding tert-OH is 1. The Labute approximate surface area is 168 Å². The van der Waals surface area contributed by atoms with E-state index in [4.69, 9.17) is 5.73 Å². The van der Waals surface area contributed by atoms with E-state index in [1.807, 2.05) is 17.6 Å². The third kappa shape index (κ3) is 4.14. The minimum absolute atomic E-state index is 0.215. The Kier molecular flexibility index (Phi) is 5.30. The van der Waals surface area contributed by atoms with Crippen LogP contribution in [0.5, 0.6) is 0 Å². The SMILES string of the molecule is CCn1cnc2c(Nc3cccc(C(N)=O)c3)nc(N[C@H]3CC[C@H](O)CC3)nc21. The summed E-state index contributed by atoms with van der Waals surface area (Å²) in [6.07, 6.45) is 4.83. The predicted molar refractivity (Wildman–Crippen MR) is 111 cm³/mol. The summed E-state index contributed by atoms with van der Waals surface area (Å²) in [5, 5.41) is 16.4. The number of hydrogen-bond acceptors (Lipinski definition) is 7. The quantitative estimate of drug-likeness (QED) is 0.504. The predicted octanol–water partition coefficient (Wildman–Crippen LogP) is 2.40. The molecule has 1 aliphatic carbocycles. The second-order valence-electron chi connectivity index (χ2n) is 7.32. The summed E-state index contributed by atoms with van der Waals surface area (Å²) in [6, 6.07) is 7.17. The number of primary amides is 1. The highest BCUT2D eigenvalue weighted by Crippen LogP contribution is 2.27. The molecule has 1 fully saturated rings. The zero-order valence-corrected chi connectivity index (χ0v) is 16.3. The van der Waals surface area contributed by atoms with Crippen LogP contribution in [0.15, 0.2) is 30.6 Å². The number of rotatable bonds is 6. The molecule has 0 unspecified atom stereocenters. The molecule has 5 N–H and O–H groups in total. The Balaban J connectivity index is 1.67. The molecule has 0 aliphatic heterocycles. The number of nitrogens with two attached hydrogens (primary N) is 1. The molecule has 0 bridgehead atoms. The number of anilines is 3. The fourth-order valence-corrected chi connectivity index (χ4v) is 3.62. The van der Waals surface area contributed by atoms with Gasteiger partial charge in [-0.25, -0.2) is 4.98 Å².